The Kier molecular flexibility index (Phi) is 7.11. The zero-order chi connectivity index (χ0) is 11.0. The molecule has 0 fully saturated rings. The van der Waals surface area contributed by atoms with Crippen molar-refractivity contribution < 1.29 is 4.79 Å². The molecule has 1 amide bonds. The van der Waals surface area contributed by atoms with Crippen LogP contribution >= 0.6 is 0 Å². The standard InChI is InChI=1S/C11H22N2O/c1-5-9(6-2)12-10(7-3)13-11(14)8-4/h8-10,12H,4-7H2,1-3H3,(H,13,14). The fourth-order valence-corrected chi connectivity index (χ4v) is 1.30. The Balaban J connectivity index is 4.00. The van der Waals surface area contributed by atoms with Gasteiger partial charge in [-0.1, -0.05) is 27.4 Å². The molecular formula is C11H22N2O. The van der Waals surface area contributed by atoms with Crippen LogP contribution in [-0.2, 0) is 4.79 Å². The lowest BCUT2D eigenvalue weighted by Crippen LogP contribution is -2.48. The summed E-state index contributed by atoms with van der Waals surface area (Å²) in [6.45, 7) is 9.76. The van der Waals surface area contributed by atoms with Gasteiger partial charge < -0.3 is 5.32 Å². The molecule has 0 aliphatic carbocycles. The molecule has 1 atom stereocenters. The number of carbonyl (C=O) groups is 1. The molecule has 0 aromatic rings. The van der Waals surface area contributed by atoms with Crippen molar-refractivity contribution in [2.24, 2.45) is 0 Å². The Hall–Kier alpha value is -0.830. The summed E-state index contributed by atoms with van der Waals surface area (Å²) in [6.07, 6.45) is 4.41. The molecule has 0 aliphatic rings. The molecule has 0 rings (SSSR count). The van der Waals surface area contributed by atoms with E-state index in [-0.39, 0.29) is 12.1 Å². The molecule has 0 radical (unpaired) electrons. The lowest BCUT2D eigenvalue weighted by Gasteiger charge is -2.23. The summed E-state index contributed by atoms with van der Waals surface area (Å²) in [5.74, 6) is -0.115. The van der Waals surface area contributed by atoms with Gasteiger partial charge in [0.1, 0.15) is 0 Å². The predicted molar refractivity (Wildman–Crippen MR) is 59.9 cm³/mol. The second-order valence-electron chi connectivity index (χ2n) is 3.35. The number of carbonyl (C=O) groups excluding carboxylic acids is 1. The zero-order valence-corrected chi connectivity index (χ0v) is 9.47. The third-order valence-corrected chi connectivity index (χ3v) is 2.33. The molecule has 0 heterocycles. The van der Waals surface area contributed by atoms with Crippen LogP contribution < -0.4 is 10.6 Å². The van der Waals surface area contributed by atoms with Crippen molar-refractivity contribution in [3.63, 3.8) is 0 Å². The summed E-state index contributed by atoms with van der Waals surface area (Å²) in [5.41, 5.74) is 0. The van der Waals surface area contributed by atoms with E-state index in [1.165, 1.54) is 6.08 Å². The number of hydrogen-bond donors (Lipinski definition) is 2. The number of nitrogens with one attached hydrogen (secondary N) is 2. The van der Waals surface area contributed by atoms with E-state index in [1.54, 1.807) is 0 Å². The topological polar surface area (TPSA) is 41.1 Å². The second-order valence-corrected chi connectivity index (χ2v) is 3.35. The van der Waals surface area contributed by atoms with Crippen LogP contribution in [0.2, 0.25) is 0 Å². The van der Waals surface area contributed by atoms with Crippen molar-refractivity contribution in [1.29, 1.82) is 0 Å². The fraction of sp³-hybridized carbons (Fsp3) is 0.727. The molecule has 1 unspecified atom stereocenters. The first kappa shape index (κ1) is 13.2. The van der Waals surface area contributed by atoms with E-state index in [0.29, 0.717) is 6.04 Å². The van der Waals surface area contributed by atoms with Crippen LogP contribution in [0.3, 0.4) is 0 Å². The quantitative estimate of drug-likeness (QED) is 0.484. The summed E-state index contributed by atoms with van der Waals surface area (Å²) < 4.78 is 0. The minimum atomic E-state index is -0.115. The highest BCUT2D eigenvalue weighted by Crippen LogP contribution is 1.99. The Morgan fingerprint density at radius 2 is 1.86 bits per heavy atom. The number of hydrogen-bond acceptors (Lipinski definition) is 2. The van der Waals surface area contributed by atoms with Gasteiger partial charge in [-0.2, -0.15) is 0 Å². The maximum atomic E-state index is 11.1. The van der Waals surface area contributed by atoms with Gasteiger partial charge in [0, 0.05) is 6.04 Å². The van der Waals surface area contributed by atoms with E-state index in [9.17, 15) is 4.79 Å². The predicted octanol–water partition coefficient (Wildman–Crippen LogP) is 1.80. The van der Waals surface area contributed by atoms with Gasteiger partial charge in [0.25, 0.3) is 0 Å². The van der Waals surface area contributed by atoms with Crippen LogP contribution in [0.5, 0.6) is 0 Å². The summed E-state index contributed by atoms with van der Waals surface area (Å²) in [7, 11) is 0. The highest BCUT2D eigenvalue weighted by atomic mass is 16.1. The molecule has 2 N–H and O–H groups in total. The van der Waals surface area contributed by atoms with E-state index in [1.807, 2.05) is 6.92 Å². The first-order chi connectivity index (χ1) is 6.67. The maximum Gasteiger partial charge on any atom is 0.244 e. The van der Waals surface area contributed by atoms with Crippen LogP contribution in [0.25, 0.3) is 0 Å². The highest BCUT2D eigenvalue weighted by molar-refractivity contribution is 5.87. The average molecular weight is 198 g/mol. The molecule has 82 valence electrons. The van der Waals surface area contributed by atoms with Crippen LogP contribution in [0.1, 0.15) is 40.0 Å². The largest absolute Gasteiger partial charge is 0.337 e. The third-order valence-electron chi connectivity index (χ3n) is 2.33. The highest BCUT2D eigenvalue weighted by Gasteiger charge is 2.11. The molecule has 0 aromatic carbocycles. The van der Waals surface area contributed by atoms with Gasteiger partial charge in [-0.25, -0.2) is 0 Å². The van der Waals surface area contributed by atoms with Crippen LogP contribution in [-0.4, -0.2) is 18.1 Å². The lowest BCUT2D eigenvalue weighted by atomic mass is 10.1. The van der Waals surface area contributed by atoms with Crippen molar-refractivity contribution in [3.05, 3.63) is 12.7 Å². The molecule has 14 heavy (non-hydrogen) atoms. The van der Waals surface area contributed by atoms with Crippen LogP contribution in [0.4, 0.5) is 0 Å². The van der Waals surface area contributed by atoms with Gasteiger partial charge in [0.15, 0.2) is 0 Å². The van der Waals surface area contributed by atoms with Gasteiger partial charge in [-0.3, -0.25) is 10.1 Å². The molecular weight excluding hydrogens is 176 g/mol. The third kappa shape index (κ3) is 5.02. The van der Waals surface area contributed by atoms with E-state index in [0.717, 1.165) is 19.3 Å². The van der Waals surface area contributed by atoms with E-state index < -0.39 is 0 Å². The zero-order valence-electron chi connectivity index (χ0n) is 9.47. The van der Waals surface area contributed by atoms with E-state index in [2.05, 4.69) is 31.1 Å². The molecule has 0 spiro atoms. The van der Waals surface area contributed by atoms with E-state index >= 15 is 0 Å². The molecule has 0 aromatic heterocycles. The van der Waals surface area contributed by atoms with Crippen molar-refractivity contribution in [2.45, 2.75) is 52.2 Å². The normalized spacial score (nSPS) is 12.6. The summed E-state index contributed by atoms with van der Waals surface area (Å²) in [4.78, 5) is 11.1. The summed E-state index contributed by atoms with van der Waals surface area (Å²) in [5, 5.41) is 6.24. The van der Waals surface area contributed by atoms with Gasteiger partial charge in [0.05, 0.1) is 6.17 Å². The SMILES string of the molecule is C=CC(=O)NC(CC)NC(CC)CC. The van der Waals surface area contributed by atoms with Crippen LogP contribution in [0, 0.1) is 0 Å². The Morgan fingerprint density at radius 3 is 2.21 bits per heavy atom. The van der Waals surface area contributed by atoms with E-state index in [4.69, 9.17) is 0 Å². The van der Waals surface area contributed by atoms with Gasteiger partial charge >= 0.3 is 0 Å². The lowest BCUT2D eigenvalue weighted by molar-refractivity contribution is -0.117. The van der Waals surface area contributed by atoms with Gasteiger partial charge in [-0.15, -0.1) is 0 Å². The summed E-state index contributed by atoms with van der Waals surface area (Å²) in [6, 6.07) is 0.477. The maximum absolute atomic E-state index is 11.1. The minimum absolute atomic E-state index is 0.0606. The number of amides is 1. The molecule has 0 saturated heterocycles. The monoisotopic (exact) mass is 198 g/mol. The first-order valence-electron chi connectivity index (χ1n) is 5.36. The molecule has 0 aliphatic heterocycles. The van der Waals surface area contributed by atoms with Crippen molar-refractivity contribution in [1.82, 2.24) is 10.6 Å². The molecule has 3 nitrogen and oxygen atoms in total. The van der Waals surface area contributed by atoms with Gasteiger partial charge in [-0.05, 0) is 25.3 Å². The Bertz CT molecular complexity index is 176. The van der Waals surface area contributed by atoms with Crippen LogP contribution in [0.15, 0.2) is 12.7 Å². The fourth-order valence-electron chi connectivity index (χ4n) is 1.30. The van der Waals surface area contributed by atoms with Crippen molar-refractivity contribution in [3.8, 4) is 0 Å². The van der Waals surface area contributed by atoms with Crippen molar-refractivity contribution in [2.75, 3.05) is 0 Å². The summed E-state index contributed by atoms with van der Waals surface area (Å²) >= 11 is 0. The Morgan fingerprint density at radius 1 is 1.29 bits per heavy atom. The average Bonchev–Trinajstić information content (AvgIpc) is 2.23. The number of rotatable bonds is 7. The first-order valence-corrected chi connectivity index (χ1v) is 5.36. The Labute approximate surface area is 87.0 Å². The molecule has 3 heteroatoms. The van der Waals surface area contributed by atoms with Crippen molar-refractivity contribution >= 4 is 5.91 Å². The van der Waals surface area contributed by atoms with Gasteiger partial charge in [0.2, 0.25) is 5.91 Å². The molecule has 0 saturated carbocycles. The molecule has 0 bridgehead atoms. The smallest absolute Gasteiger partial charge is 0.244 e. The second kappa shape index (κ2) is 7.56. The minimum Gasteiger partial charge on any atom is -0.337 e.